The van der Waals surface area contributed by atoms with E-state index in [1.807, 2.05) is 65.7 Å². The van der Waals surface area contributed by atoms with Gasteiger partial charge in [0.25, 0.3) is 0 Å². The van der Waals surface area contributed by atoms with Gasteiger partial charge >= 0.3 is 6.03 Å². The van der Waals surface area contributed by atoms with Crippen LogP contribution in [0.15, 0.2) is 55.1 Å². The van der Waals surface area contributed by atoms with Crippen molar-refractivity contribution in [2.24, 2.45) is 0 Å². The zero-order valence-corrected chi connectivity index (χ0v) is 14.4. The van der Waals surface area contributed by atoms with Gasteiger partial charge in [0.1, 0.15) is 5.82 Å². The van der Waals surface area contributed by atoms with Crippen molar-refractivity contribution in [3.05, 3.63) is 55.1 Å². The number of rotatable bonds is 6. The van der Waals surface area contributed by atoms with Crippen LogP contribution in [0.3, 0.4) is 0 Å². The molecular formula is C18H22N6O. The molecule has 0 radical (unpaired) electrons. The number of imidazole rings is 1. The summed E-state index contributed by atoms with van der Waals surface area (Å²) in [7, 11) is 0. The van der Waals surface area contributed by atoms with Gasteiger partial charge in [-0.05, 0) is 13.8 Å². The van der Waals surface area contributed by atoms with Crippen molar-refractivity contribution in [1.82, 2.24) is 24.6 Å². The van der Waals surface area contributed by atoms with Gasteiger partial charge in [0.05, 0.1) is 12.0 Å². The maximum atomic E-state index is 12.2. The number of nitrogens with one attached hydrogen (secondary N) is 2. The summed E-state index contributed by atoms with van der Waals surface area (Å²) in [5, 5.41) is 10.3. The number of amides is 2. The molecule has 1 aromatic carbocycles. The molecule has 0 spiro atoms. The van der Waals surface area contributed by atoms with Gasteiger partial charge in [0, 0.05) is 43.2 Å². The van der Waals surface area contributed by atoms with Crippen molar-refractivity contribution in [1.29, 1.82) is 0 Å². The Morgan fingerprint density at radius 3 is 2.72 bits per heavy atom. The molecule has 0 fully saturated rings. The van der Waals surface area contributed by atoms with E-state index in [1.165, 1.54) is 0 Å². The summed E-state index contributed by atoms with van der Waals surface area (Å²) in [5.41, 5.74) is 1.86. The van der Waals surface area contributed by atoms with Crippen LogP contribution >= 0.6 is 0 Å². The fourth-order valence-electron chi connectivity index (χ4n) is 2.51. The van der Waals surface area contributed by atoms with Gasteiger partial charge < -0.3 is 9.88 Å². The summed E-state index contributed by atoms with van der Waals surface area (Å²) >= 11 is 0. The first-order valence-corrected chi connectivity index (χ1v) is 8.29. The topological polar surface area (TPSA) is 76.8 Å². The summed E-state index contributed by atoms with van der Waals surface area (Å²) in [4.78, 5) is 16.1. The van der Waals surface area contributed by atoms with E-state index in [9.17, 15) is 4.79 Å². The number of benzene rings is 1. The van der Waals surface area contributed by atoms with Gasteiger partial charge in [0.2, 0.25) is 0 Å². The van der Waals surface area contributed by atoms with Crippen LogP contribution in [0.25, 0.3) is 11.3 Å². The van der Waals surface area contributed by atoms with Crippen molar-refractivity contribution >= 4 is 11.8 Å². The molecule has 2 N–H and O–H groups in total. The highest BCUT2D eigenvalue weighted by atomic mass is 16.2. The van der Waals surface area contributed by atoms with Gasteiger partial charge in [0.15, 0.2) is 0 Å². The maximum Gasteiger partial charge on any atom is 0.320 e. The van der Waals surface area contributed by atoms with Crippen LogP contribution in [0.1, 0.15) is 19.9 Å². The minimum atomic E-state index is -0.249. The van der Waals surface area contributed by atoms with Gasteiger partial charge in [-0.3, -0.25) is 5.32 Å². The van der Waals surface area contributed by atoms with Gasteiger partial charge in [-0.15, -0.1) is 0 Å². The molecule has 2 amide bonds. The molecule has 0 unspecified atom stereocenters. The third-order valence-corrected chi connectivity index (χ3v) is 3.75. The van der Waals surface area contributed by atoms with Crippen molar-refractivity contribution in [2.45, 2.75) is 26.4 Å². The number of anilines is 1. The molecule has 3 rings (SSSR count). The number of carbonyl (C=O) groups is 1. The third kappa shape index (κ3) is 4.26. The zero-order valence-electron chi connectivity index (χ0n) is 14.4. The molecule has 7 nitrogen and oxygen atoms in total. The molecule has 0 atom stereocenters. The lowest BCUT2D eigenvalue weighted by Gasteiger charge is -2.12. The van der Waals surface area contributed by atoms with E-state index >= 15 is 0 Å². The van der Waals surface area contributed by atoms with E-state index in [-0.39, 0.29) is 12.1 Å². The van der Waals surface area contributed by atoms with Gasteiger partial charge in [-0.25, -0.2) is 14.5 Å². The summed E-state index contributed by atoms with van der Waals surface area (Å²) in [6, 6.07) is 11.7. The molecule has 130 valence electrons. The molecule has 2 heterocycles. The predicted octanol–water partition coefficient (Wildman–Crippen LogP) is 3.15. The van der Waals surface area contributed by atoms with E-state index in [1.54, 1.807) is 12.5 Å². The SMILES string of the molecule is CC(C)n1nc(-c2ccccc2)cc1NC(=O)NCCn1ccnc1. The molecule has 25 heavy (non-hydrogen) atoms. The Labute approximate surface area is 146 Å². The van der Waals surface area contributed by atoms with Crippen molar-refractivity contribution in [3.63, 3.8) is 0 Å². The molecule has 0 aliphatic rings. The molecule has 2 aromatic heterocycles. The fraction of sp³-hybridized carbons (Fsp3) is 0.278. The lowest BCUT2D eigenvalue weighted by molar-refractivity contribution is 0.251. The Bertz CT molecular complexity index is 807. The summed E-state index contributed by atoms with van der Waals surface area (Å²) in [5.74, 6) is 0.675. The highest BCUT2D eigenvalue weighted by Crippen LogP contribution is 2.24. The molecule has 7 heteroatoms. The number of hydrogen-bond donors (Lipinski definition) is 2. The molecular weight excluding hydrogens is 316 g/mol. The fourth-order valence-corrected chi connectivity index (χ4v) is 2.51. The van der Waals surface area contributed by atoms with Crippen LogP contribution in [-0.2, 0) is 6.54 Å². The minimum Gasteiger partial charge on any atom is -0.336 e. The van der Waals surface area contributed by atoms with Crippen LogP contribution < -0.4 is 10.6 Å². The van der Waals surface area contributed by atoms with E-state index in [2.05, 4.69) is 20.7 Å². The lowest BCUT2D eigenvalue weighted by Crippen LogP contribution is -2.32. The molecule has 0 aliphatic heterocycles. The smallest absolute Gasteiger partial charge is 0.320 e. The van der Waals surface area contributed by atoms with Crippen LogP contribution in [0, 0.1) is 0 Å². The van der Waals surface area contributed by atoms with Gasteiger partial charge in [-0.1, -0.05) is 30.3 Å². The predicted molar refractivity (Wildman–Crippen MR) is 97.3 cm³/mol. The van der Waals surface area contributed by atoms with Crippen LogP contribution in [-0.4, -0.2) is 31.9 Å². The van der Waals surface area contributed by atoms with E-state index in [0.717, 1.165) is 11.3 Å². The average molecular weight is 338 g/mol. The van der Waals surface area contributed by atoms with Crippen LogP contribution in [0.2, 0.25) is 0 Å². The zero-order chi connectivity index (χ0) is 17.6. The molecule has 0 saturated carbocycles. The van der Waals surface area contributed by atoms with E-state index < -0.39 is 0 Å². The van der Waals surface area contributed by atoms with Crippen LogP contribution in [0.5, 0.6) is 0 Å². The largest absolute Gasteiger partial charge is 0.336 e. The van der Waals surface area contributed by atoms with E-state index in [0.29, 0.717) is 18.9 Å². The van der Waals surface area contributed by atoms with Crippen molar-refractivity contribution < 1.29 is 4.79 Å². The Morgan fingerprint density at radius 1 is 1.24 bits per heavy atom. The van der Waals surface area contributed by atoms with Crippen molar-refractivity contribution in [3.8, 4) is 11.3 Å². The molecule has 0 aliphatic carbocycles. The first-order valence-electron chi connectivity index (χ1n) is 8.29. The Kier molecular flexibility index (Phi) is 5.13. The lowest BCUT2D eigenvalue weighted by atomic mass is 10.2. The maximum absolute atomic E-state index is 12.2. The molecule has 0 saturated heterocycles. The second-order valence-electron chi connectivity index (χ2n) is 6.00. The second kappa shape index (κ2) is 7.65. The minimum absolute atomic E-state index is 0.138. The molecule has 0 bridgehead atoms. The highest BCUT2D eigenvalue weighted by molar-refractivity contribution is 5.89. The summed E-state index contributed by atoms with van der Waals surface area (Å²) in [6.45, 7) is 5.25. The van der Waals surface area contributed by atoms with Crippen molar-refractivity contribution in [2.75, 3.05) is 11.9 Å². The Hall–Kier alpha value is -3.09. The molecule has 3 aromatic rings. The first-order chi connectivity index (χ1) is 12.1. The van der Waals surface area contributed by atoms with E-state index in [4.69, 9.17) is 0 Å². The Balaban J connectivity index is 1.66. The quantitative estimate of drug-likeness (QED) is 0.725. The second-order valence-corrected chi connectivity index (χ2v) is 6.00. The standard InChI is InChI=1S/C18H22N6O/c1-14(2)24-17(12-16(22-24)15-6-4-3-5-7-15)21-18(25)20-9-11-23-10-8-19-13-23/h3-8,10,12-14H,9,11H2,1-2H3,(H2,20,21,25). The average Bonchev–Trinajstić information content (AvgIpc) is 3.25. The normalized spacial score (nSPS) is 10.8. The number of carbonyl (C=O) groups excluding carboxylic acids is 1. The summed E-state index contributed by atoms with van der Waals surface area (Å²) < 4.78 is 3.73. The number of aromatic nitrogens is 4. The highest BCUT2D eigenvalue weighted by Gasteiger charge is 2.14. The monoisotopic (exact) mass is 338 g/mol. The number of urea groups is 1. The third-order valence-electron chi connectivity index (χ3n) is 3.75. The van der Waals surface area contributed by atoms with Gasteiger partial charge in [-0.2, -0.15) is 5.10 Å². The van der Waals surface area contributed by atoms with Crippen LogP contribution in [0.4, 0.5) is 10.6 Å². The number of nitrogens with zero attached hydrogens (tertiary/aromatic N) is 4. The number of hydrogen-bond acceptors (Lipinski definition) is 3. The Morgan fingerprint density at radius 2 is 2.04 bits per heavy atom. The first kappa shape index (κ1) is 16.8. The summed E-state index contributed by atoms with van der Waals surface area (Å²) in [6.07, 6.45) is 5.30.